The maximum atomic E-state index is 4.25. The van der Waals surface area contributed by atoms with Crippen LogP contribution in [0.3, 0.4) is 0 Å². The summed E-state index contributed by atoms with van der Waals surface area (Å²) in [6, 6.07) is 0. The molecule has 9 fully saturated rings. The van der Waals surface area contributed by atoms with Gasteiger partial charge in [0.1, 0.15) is 0 Å². The molecular formula is C32H55AgN8. The van der Waals surface area contributed by atoms with Crippen LogP contribution in [0.15, 0.2) is 0 Å². The average Bonchev–Trinajstić information content (AvgIpc) is 3.73. The van der Waals surface area contributed by atoms with Crippen molar-refractivity contribution in [3.63, 3.8) is 0 Å². The summed E-state index contributed by atoms with van der Waals surface area (Å²) in [6.45, 7) is 0. The molecule has 8 nitrogen and oxygen atoms in total. The molecule has 16 unspecified atom stereocenters. The van der Waals surface area contributed by atoms with Gasteiger partial charge in [0.05, 0.1) is 43.2 Å². The molecule has 9 aliphatic rings. The molecule has 0 radical (unpaired) electrons. The normalized spacial score (nSPS) is 56.2. The zero-order chi connectivity index (χ0) is 26.2. The maximum Gasteiger partial charge on any atom is 1.00 e. The molecule has 16 atom stereocenters. The van der Waals surface area contributed by atoms with Crippen molar-refractivity contribution in [3.8, 4) is 0 Å². The Hall–Kier alpha value is 0.420. The van der Waals surface area contributed by atoms with E-state index >= 15 is 0 Å². The fourth-order valence-corrected chi connectivity index (χ4v) is 11.7. The number of fused-ring (bicyclic) bond motifs is 20. The molecule has 0 amide bonds. The van der Waals surface area contributed by atoms with Gasteiger partial charge in [-0.05, 0) is 80.0 Å². The third kappa shape index (κ3) is 5.08. The first kappa shape index (κ1) is 28.9. The van der Waals surface area contributed by atoms with Gasteiger partial charge in [0, 0.05) is 6.17 Å². The van der Waals surface area contributed by atoms with Crippen molar-refractivity contribution < 1.29 is 22.4 Å². The van der Waals surface area contributed by atoms with Crippen molar-refractivity contribution in [1.82, 2.24) is 42.5 Å². The zero-order valence-electron chi connectivity index (χ0n) is 24.7. The summed E-state index contributed by atoms with van der Waals surface area (Å²) in [5, 5.41) is 33.7. The molecule has 0 aromatic carbocycles. The third-order valence-electron chi connectivity index (χ3n) is 13.6. The Morgan fingerprint density at radius 1 is 0.317 bits per heavy atom. The second-order valence-electron chi connectivity index (χ2n) is 15.4. The van der Waals surface area contributed by atoms with E-state index in [9.17, 15) is 0 Å². The first-order valence-corrected chi connectivity index (χ1v) is 17.7. The van der Waals surface area contributed by atoms with Crippen LogP contribution in [0, 0.1) is 53.8 Å². The molecular weight excluding hydrogens is 604 g/mol. The number of nitrogens with one attached hydrogen (secondary N) is 8. The Kier molecular flexibility index (Phi) is 8.43. The van der Waals surface area contributed by atoms with Crippen LogP contribution in [0.1, 0.15) is 96.3 Å². The predicted octanol–water partition coefficient (Wildman–Crippen LogP) is 2.42. The fraction of sp³-hybridized carbons (Fsp3) is 0.969. The van der Waals surface area contributed by atoms with Gasteiger partial charge in [-0.25, -0.2) is 0 Å². The number of rotatable bonds is 0. The van der Waals surface area contributed by atoms with E-state index in [1.165, 1.54) is 96.3 Å². The summed E-state index contributed by atoms with van der Waals surface area (Å²) in [4.78, 5) is 0. The standard InChI is InChI=1S/C32H55N8.Ag/c1-2-10-18-17(9-1)25-33-26(18)38-28-21-13-5-6-14-22(21)30(35-28)40-32-24-16-8-7-15-23(24)31(36-32)39-29-20-12-4-3-11-19(20)27(34-29)37-25;/h9,17-40H,1-8,10-16H2;/q-1;+1. The molecule has 0 aromatic heterocycles. The third-order valence-corrected chi connectivity index (χ3v) is 13.6. The van der Waals surface area contributed by atoms with Crippen molar-refractivity contribution in [2.24, 2.45) is 47.3 Å². The molecule has 4 saturated carbocycles. The Morgan fingerprint density at radius 3 is 0.927 bits per heavy atom. The van der Waals surface area contributed by atoms with Crippen LogP contribution in [0.4, 0.5) is 0 Å². The van der Waals surface area contributed by atoms with Gasteiger partial charge in [-0.3, -0.25) is 42.5 Å². The topological polar surface area (TPSA) is 96.2 Å². The van der Waals surface area contributed by atoms with Crippen LogP contribution in [0.5, 0.6) is 0 Å². The van der Waals surface area contributed by atoms with E-state index in [1.54, 1.807) is 0 Å². The fourth-order valence-electron chi connectivity index (χ4n) is 11.7. The Labute approximate surface area is 263 Å². The van der Waals surface area contributed by atoms with Gasteiger partial charge < -0.3 is 6.42 Å². The summed E-state index contributed by atoms with van der Waals surface area (Å²) in [5.74, 6) is 5.74. The van der Waals surface area contributed by atoms with Gasteiger partial charge in [-0.1, -0.05) is 51.4 Å². The largest absolute Gasteiger partial charge is 1.00 e. The maximum absolute atomic E-state index is 4.25. The molecule has 234 valence electrons. The summed E-state index contributed by atoms with van der Waals surface area (Å²) in [6.07, 6.45) is 26.4. The molecule has 5 saturated heterocycles. The monoisotopic (exact) mass is 658 g/mol. The molecule has 5 heterocycles. The van der Waals surface area contributed by atoms with Crippen LogP contribution >= 0.6 is 0 Å². The van der Waals surface area contributed by atoms with Crippen LogP contribution in [-0.4, -0.2) is 49.3 Å². The summed E-state index contributed by atoms with van der Waals surface area (Å²) in [7, 11) is 0. The van der Waals surface area contributed by atoms with Crippen LogP contribution in [-0.2, 0) is 22.4 Å². The molecule has 41 heavy (non-hydrogen) atoms. The summed E-state index contributed by atoms with van der Waals surface area (Å²) < 4.78 is 0. The van der Waals surface area contributed by atoms with E-state index < -0.39 is 0 Å². The van der Waals surface area contributed by atoms with E-state index in [0.29, 0.717) is 61.2 Å². The van der Waals surface area contributed by atoms with E-state index in [1.807, 2.05) is 0 Å². The minimum absolute atomic E-state index is 0. The van der Waals surface area contributed by atoms with Crippen LogP contribution in [0.2, 0.25) is 0 Å². The molecule has 5 aliphatic heterocycles. The van der Waals surface area contributed by atoms with Gasteiger partial charge in [0.2, 0.25) is 0 Å². The van der Waals surface area contributed by atoms with E-state index in [4.69, 9.17) is 0 Å². The second kappa shape index (κ2) is 12.0. The van der Waals surface area contributed by atoms with Crippen molar-refractivity contribution in [2.75, 3.05) is 0 Å². The second-order valence-corrected chi connectivity index (χ2v) is 15.4. The Balaban J connectivity index is 0.00000256. The average molecular weight is 660 g/mol. The van der Waals surface area contributed by atoms with Gasteiger partial charge in [-0.2, -0.15) is 6.42 Å². The van der Waals surface area contributed by atoms with E-state index in [0.717, 1.165) is 35.5 Å². The van der Waals surface area contributed by atoms with Crippen molar-refractivity contribution in [3.05, 3.63) is 6.42 Å². The van der Waals surface area contributed by atoms with Crippen molar-refractivity contribution in [1.29, 1.82) is 0 Å². The smallest absolute Gasteiger partial charge is 0.322 e. The molecule has 9 heteroatoms. The zero-order valence-corrected chi connectivity index (χ0v) is 26.2. The molecule has 8 bridgehead atoms. The number of hydrogen-bond acceptors (Lipinski definition) is 8. The van der Waals surface area contributed by atoms with Crippen molar-refractivity contribution in [2.45, 2.75) is 146 Å². The van der Waals surface area contributed by atoms with Gasteiger partial charge in [0.25, 0.3) is 0 Å². The van der Waals surface area contributed by atoms with E-state index in [2.05, 4.69) is 49.0 Å². The van der Waals surface area contributed by atoms with Crippen LogP contribution in [0.25, 0.3) is 0 Å². The molecule has 9 rings (SSSR count). The minimum Gasteiger partial charge on any atom is -0.322 e. The quantitative estimate of drug-likeness (QED) is 0.149. The molecule has 0 aromatic rings. The molecule has 4 aliphatic carbocycles. The SMILES string of the molecule is [Ag+].[CH-]1CCCC2C3NC(NC4NC(NC5NC(NC6NC(N3)C3CCCCC63)C3CCCCC53)C3CCCCC43)C12. The summed E-state index contributed by atoms with van der Waals surface area (Å²) >= 11 is 0. The predicted molar refractivity (Wildman–Crippen MR) is 157 cm³/mol. The van der Waals surface area contributed by atoms with Gasteiger partial charge >= 0.3 is 22.4 Å². The number of hydrogen-bond donors (Lipinski definition) is 8. The Bertz CT molecular complexity index is 716. The van der Waals surface area contributed by atoms with Crippen LogP contribution < -0.4 is 42.5 Å². The molecule has 8 N–H and O–H groups in total. The van der Waals surface area contributed by atoms with E-state index in [-0.39, 0.29) is 22.4 Å². The minimum atomic E-state index is 0. The van der Waals surface area contributed by atoms with Crippen molar-refractivity contribution >= 4 is 0 Å². The summed E-state index contributed by atoms with van der Waals surface area (Å²) in [5.41, 5.74) is 0. The van der Waals surface area contributed by atoms with Gasteiger partial charge in [-0.15, -0.1) is 5.92 Å². The first-order chi connectivity index (χ1) is 19.8. The Morgan fingerprint density at radius 2 is 0.585 bits per heavy atom. The first-order valence-electron chi connectivity index (χ1n) is 17.7. The van der Waals surface area contributed by atoms with Gasteiger partial charge in [0.15, 0.2) is 0 Å². The molecule has 0 spiro atoms.